The predicted octanol–water partition coefficient (Wildman–Crippen LogP) is 1.37. The molecule has 2 heterocycles. The zero-order valence-corrected chi connectivity index (χ0v) is 20.9. The molecule has 10 heteroatoms. The summed E-state index contributed by atoms with van der Waals surface area (Å²) in [6.07, 6.45) is 0. The molecule has 2 amide bonds. The second-order valence-corrected chi connectivity index (χ2v) is 8.85. The molecule has 2 aromatic carbocycles. The van der Waals surface area contributed by atoms with Gasteiger partial charge in [-0.15, -0.1) is 0 Å². The van der Waals surface area contributed by atoms with Gasteiger partial charge < -0.3 is 14.5 Å². The van der Waals surface area contributed by atoms with Crippen LogP contribution in [0.2, 0.25) is 0 Å². The summed E-state index contributed by atoms with van der Waals surface area (Å²) in [5.41, 5.74) is 1.35. The van der Waals surface area contributed by atoms with Crippen molar-refractivity contribution < 1.29 is 14.3 Å². The number of hydrogen-bond donors (Lipinski definition) is 0. The molecule has 0 radical (unpaired) electrons. The number of ether oxygens (including phenoxy) is 1. The number of aromatic nitrogens is 3. The van der Waals surface area contributed by atoms with Crippen LogP contribution in [0.5, 0.6) is 5.75 Å². The van der Waals surface area contributed by atoms with Crippen LogP contribution in [-0.4, -0.2) is 69.3 Å². The van der Waals surface area contributed by atoms with Crippen molar-refractivity contribution in [2.45, 2.75) is 27.3 Å². The lowest BCUT2D eigenvalue weighted by Gasteiger charge is -2.33. The number of piperazine rings is 1. The minimum atomic E-state index is -0.762. The molecule has 36 heavy (non-hydrogen) atoms. The molecule has 0 aliphatic carbocycles. The maximum absolute atomic E-state index is 13.5. The number of rotatable bonds is 5. The Labute approximate surface area is 208 Å². The van der Waals surface area contributed by atoms with Gasteiger partial charge in [0.25, 0.3) is 11.5 Å². The molecule has 4 rings (SSSR count). The van der Waals surface area contributed by atoms with Crippen molar-refractivity contribution in [2.24, 2.45) is 0 Å². The van der Waals surface area contributed by atoms with Gasteiger partial charge in [-0.3, -0.25) is 19.0 Å². The van der Waals surface area contributed by atoms with Gasteiger partial charge in [-0.1, -0.05) is 18.2 Å². The lowest BCUT2D eigenvalue weighted by molar-refractivity contribution is -0.130. The quantitative estimate of drug-likeness (QED) is 0.534. The molecule has 1 aliphatic heterocycles. The molecule has 10 nitrogen and oxygen atoms in total. The highest BCUT2D eigenvalue weighted by atomic mass is 16.5. The Bertz CT molecular complexity index is 1430. The van der Waals surface area contributed by atoms with Crippen molar-refractivity contribution in [3.8, 4) is 11.4 Å². The van der Waals surface area contributed by atoms with Gasteiger partial charge in [0.2, 0.25) is 11.6 Å². The monoisotopic (exact) mass is 491 g/mol. The smallest absolute Gasteiger partial charge is 0.352 e. The molecule has 0 saturated carbocycles. The maximum atomic E-state index is 13.5. The Morgan fingerprint density at radius 3 is 2.28 bits per heavy atom. The highest BCUT2D eigenvalue weighted by molar-refractivity contribution is 5.92. The summed E-state index contributed by atoms with van der Waals surface area (Å²) in [5, 5.41) is 4.25. The summed E-state index contributed by atoms with van der Waals surface area (Å²) in [4.78, 5) is 55.2. The summed E-state index contributed by atoms with van der Waals surface area (Å²) < 4.78 is 7.39. The third kappa shape index (κ3) is 4.93. The van der Waals surface area contributed by atoms with Gasteiger partial charge in [0.05, 0.1) is 19.3 Å². The summed E-state index contributed by atoms with van der Waals surface area (Å²) in [7, 11) is 1.53. The zero-order valence-electron chi connectivity index (χ0n) is 20.9. The molecular formula is C26H29N5O5. The highest BCUT2D eigenvalue weighted by Crippen LogP contribution is 2.14. The summed E-state index contributed by atoms with van der Waals surface area (Å²) in [6, 6.07) is 12.4. The van der Waals surface area contributed by atoms with Gasteiger partial charge in [-0.25, -0.2) is 4.79 Å². The van der Waals surface area contributed by atoms with Crippen LogP contribution in [-0.2, 0) is 11.3 Å². The number of aryl methyl sites for hydroxylation is 2. The lowest BCUT2D eigenvalue weighted by atomic mass is 10.1. The summed E-state index contributed by atoms with van der Waals surface area (Å²) in [6.45, 7) is 6.59. The first-order valence-corrected chi connectivity index (χ1v) is 11.7. The van der Waals surface area contributed by atoms with Gasteiger partial charge in [0, 0.05) is 33.1 Å². The van der Waals surface area contributed by atoms with Crippen molar-refractivity contribution >= 4 is 11.8 Å². The number of nitrogens with zero attached hydrogens (tertiary/aromatic N) is 5. The Balaban J connectivity index is 1.81. The fourth-order valence-electron chi connectivity index (χ4n) is 4.14. The molecule has 1 aliphatic rings. The van der Waals surface area contributed by atoms with E-state index in [0.717, 1.165) is 20.4 Å². The molecule has 0 bridgehead atoms. The Morgan fingerprint density at radius 1 is 0.944 bits per heavy atom. The van der Waals surface area contributed by atoms with Crippen molar-refractivity contribution in [3.05, 3.63) is 85.7 Å². The molecule has 0 unspecified atom stereocenters. The number of carbonyl (C=O) groups excluding carboxylic acids is 2. The fraction of sp³-hybridized carbons (Fsp3) is 0.346. The Morgan fingerprint density at radius 2 is 1.64 bits per heavy atom. The standard InChI is InChI=1S/C26H29N5O5/c1-17-8-9-21(14-18(17)2)31-26(35)30(16-20-6-5-7-22(15-20)36-4)25(34)23(27-31)24(33)29-12-10-28(11-13-29)19(3)32/h5-9,14-15H,10-13,16H2,1-4H3. The maximum Gasteiger partial charge on any atom is 0.352 e. The molecule has 188 valence electrons. The Hall–Kier alpha value is -4.21. The first-order chi connectivity index (χ1) is 17.2. The van der Waals surface area contributed by atoms with E-state index in [1.54, 1.807) is 41.3 Å². The normalized spacial score (nSPS) is 13.6. The van der Waals surface area contributed by atoms with Crippen molar-refractivity contribution in [1.29, 1.82) is 0 Å². The molecule has 0 N–H and O–H groups in total. The van der Waals surface area contributed by atoms with Crippen LogP contribution in [0.3, 0.4) is 0 Å². The first kappa shape index (κ1) is 24.9. The number of methoxy groups -OCH3 is 1. The van der Waals surface area contributed by atoms with Crippen LogP contribution in [0, 0.1) is 13.8 Å². The van der Waals surface area contributed by atoms with E-state index in [2.05, 4.69) is 5.10 Å². The van der Waals surface area contributed by atoms with Gasteiger partial charge in [-0.05, 0) is 54.8 Å². The highest BCUT2D eigenvalue weighted by Gasteiger charge is 2.28. The first-order valence-electron chi connectivity index (χ1n) is 11.7. The van der Waals surface area contributed by atoms with E-state index in [-0.39, 0.29) is 31.2 Å². The number of hydrogen-bond acceptors (Lipinski definition) is 6. The molecule has 0 atom stereocenters. The molecule has 3 aromatic rings. The Kier molecular flexibility index (Phi) is 7.05. The number of amides is 2. The predicted molar refractivity (Wildman–Crippen MR) is 134 cm³/mol. The minimum absolute atomic E-state index is 0.0549. The average Bonchev–Trinajstić information content (AvgIpc) is 2.88. The van der Waals surface area contributed by atoms with E-state index in [1.165, 1.54) is 18.9 Å². The summed E-state index contributed by atoms with van der Waals surface area (Å²) >= 11 is 0. The number of carbonyl (C=O) groups is 2. The molecular weight excluding hydrogens is 462 g/mol. The van der Waals surface area contributed by atoms with E-state index >= 15 is 0 Å². The lowest BCUT2D eigenvalue weighted by Crippen LogP contribution is -2.52. The second kappa shape index (κ2) is 10.2. The largest absolute Gasteiger partial charge is 0.497 e. The van der Waals surface area contributed by atoms with Crippen LogP contribution < -0.4 is 16.0 Å². The third-order valence-electron chi connectivity index (χ3n) is 6.48. The van der Waals surface area contributed by atoms with E-state index in [0.29, 0.717) is 30.1 Å². The van der Waals surface area contributed by atoms with Crippen molar-refractivity contribution in [3.63, 3.8) is 0 Å². The van der Waals surface area contributed by atoms with Gasteiger partial charge in [-0.2, -0.15) is 9.78 Å². The number of benzene rings is 2. The van der Waals surface area contributed by atoms with Gasteiger partial charge in [0.15, 0.2) is 0 Å². The fourth-order valence-corrected chi connectivity index (χ4v) is 4.14. The van der Waals surface area contributed by atoms with E-state index in [9.17, 15) is 19.2 Å². The molecule has 1 fully saturated rings. The minimum Gasteiger partial charge on any atom is -0.497 e. The average molecular weight is 492 g/mol. The molecule has 1 saturated heterocycles. The molecule has 1 aromatic heterocycles. The van der Waals surface area contributed by atoms with Crippen LogP contribution in [0.25, 0.3) is 5.69 Å². The van der Waals surface area contributed by atoms with Crippen LogP contribution in [0.15, 0.2) is 52.1 Å². The molecule has 0 spiro atoms. The van der Waals surface area contributed by atoms with Gasteiger partial charge >= 0.3 is 5.69 Å². The second-order valence-electron chi connectivity index (χ2n) is 8.85. The van der Waals surface area contributed by atoms with Crippen LogP contribution in [0.1, 0.15) is 34.1 Å². The van der Waals surface area contributed by atoms with Gasteiger partial charge in [0.1, 0.15) is 5.75 Å². The van der Waals surface area contributed by atoms with E-state index < -0.39 is 17.2 Å². The van der Waals surface area contributed by atoms with E-state index in [1.807, 2.05) is 19.9 Å². The topological polar surface area (TPSA) is 107 Å². The van der Waals surface area contributed by atoms with Crippen LogP contribution in [0.4, 0.5) is 0 Å². The van der Waals surface area contributed by atoms with E-state index in [4.69, 9.17) is 4.74 Å². The third-order valence-corrected chi connectivity index (χ3v) is 6.48. The zero-order chi connectivity index (χ0) is 26.0. The van der Waals surface area contributed by atoms with Crippen molar-refractivity contribution in [1.82, 2.24) is 24.1 Å². The van der Waals surface area contributed by atoms with Crippen LogP contribution >= 0.6 is 0 Å². The van der Waals surface area contributed by atoms with Crippen molar-refractivity contribution in [2.75, 3.05) is 33.3 Å². The summed E-state index contributed by atoms with van der Waals surface area (Å²) in [5.74, 6) is -0.0481. The SMILES string of the molecule is COc1cccc(Cn2c(=O)c(C(=O)N3CCN(C(C)=O)CC3)nn(-c3ccc(C)c(C)c3)c2=O)c1.